The number of ether oxygens (including phenoxy) is 2. The van der Waals surface area contributed by atoms with Crippen molar-refractivity contribution in [2.45, 2.75) is 63.7 Å². The third-order valence-electron chi connectivity index (χ3n) is 6.83. The molecule has 4 amide bonds. The second kappa shape index (κ2) is 8.34. The zero-order chi connectivity index (χ0) is 23.9. The number of imide groups is 1. The van der Waals surface area contributed by atoms with E-state index >= 15 is 0 Å². The van der Waals surface area contributed by atoms with Gasteiger partial charge >= 0.3 is 6.03 Å². The van der Waals surface area contributed by atoms with E-state index in [9.17, 15) is 14.4 Å². The summed E-state index contributed by atoms with van der Waals surface area (Å²) >= 11 is 0. The van der Waals surface area contributed by atoms with Crippen molar-refractivity contribution in [2.75, 3.05) is 11.9 Å². The maximum Gasteiger partial charge on any atom is 0.325 e. The first-order chi connectivity index (χ1) is 16.3. The summed E-state index contributed by atoms with van der Waals surface area (Å²) in [6.45, 7) is 3.39. The van der Waals surface area contributed by atoms with E-state index in [1.165, 1.54) is 5.56 Å². The molecule has 2 heterocycles. The van der Waals surface area contributed by atoms with Crippen LogP contribution in [0.4, 0.5) is 10.5 Å². The molecule has 1 unspecified atom stereocenters. The minimum Gasteiger partial charge on any atom is -0.448 e. The Morgan fingerprint density at radius 3 is 2.47 bits per heavy atom. The number of amides is 4. The van der Waals surface area contributed by atoms with Gasteiger partial charge in [-0.05, 0) is 49.4 Å². The zero-order valence-corrected chi connectivity index (χ0v) is 19.5. The maximum absolute atomic E-state index is 13.2. The van der Waals surface area contributed by atoms with Crippen molar-refractivity contribution >= 4 is 23.5 Å². The average molecular weight is 464 g/mol. The van der Waals surface area contributed by atoms with Crippen LogP contribution in [0.2, 0.25) is 0 Å². The summed E-state index contributed by atoms with van der Waals surface area (Å²) in [6.07, 6.45) is 5.78. The van der Waals surface area contributed by atoms with E-state index in [0.717, 1.165) is 43.4 Å². The standard InChI is InChI=1S/C26H29N3O5/c1-3-6-17-7-9-18(10-8-17)25(2)23(31)29(24(32)28-25)16-22(30)27-19-11-12-20-21(15-19)34-26(33-20)13-4-5-14-26/h7-12,15H,3-6,13-14,16H2,1-2H3,(H,27,30)(H,28,32). The van der Waals surface area contributed by atoms with Gasteiger partial charge in [0.25, 0.3) is 11.7 Å². The number of nitrogens with one attached hydrogen (secondary N) is 2. The summed E-state index contributed by atoms with van der Waals surface area (Å²) in [4.78, 5) is 39.4. The van der Waals surface area contributed by atoms with Crippen molar-refractivity contribution in [2.24, 2.45) is 0 Å². The van der Waals surface area contributed by atoms with Gasteiger partial charge in [-0.3, -0.25) is 14.5 Å². The van der Waals surface area contributed by atoms with Crippen molar-refractivity contribution in [1.29, 1.82) is 0 Å². The molecule has 2 aromatic carbocycles. The van der Waals surface area contributed by atoms with Crippen LogP contribution >= 0.6 is 0 Å². The fourth-order valence-electron chi connectivity index (χ4n) is 4.96. The highest BCUT2D eigenvalue weighted by Crippen LogP contribution is 2.47. The van der Waals surface area contributed by atoms with Gasteiger partial charge in [0.1, 0.15) is 12.1 Å². The van der Waals surface area contributed by atoms with Gasteiger partial charge in [0.15, 0.2) is 11.5 Å². The van der Waals surface area contributed by atoms with E-state index in [1.807, 2.05) is 24.3 Å². The van der Waals surface area contributed by atoms with E-state index in [1.54, 1.807) is 25.1 Å². The minimum absolute atomic E-state index is 0.382. The summed E-state index contributed by atoms with van der Waals surface area (Å²) in [5.74, 6) is -0.252. The first kappa shape index (κ1) is 22.3. The normalized spacial score (nSPS) is 22.4. The molecular formula is C26H29N3O5. The number of carbonyl (C=O) groups excluding carboxylic acids is 3. The molecule has 1 atom stereocenters. The largest absolute Gasteiger partial charge is 0.448 e. The molecule has 8 heteroatoms. The number of hydrogen-bond donors (Lipinski definition) is 2. The number of carbonyl (C=O) groups is 3. The smallest absolute Gasteiger partial charge is 0.325 e. The van der Waals surface area contributed by atoms with Gasteiger partial charge in [-0.25, -0.2) is 4.79 Å². The molecule has 34 heavy (non-hydrogen) atoms. The van der Waals surface area contributed by atoms with Crippen LogP contribution in [0.3, 0.4) is 0 Å². The molecule has 2 aromatic rings. The molecule has 0 radical (unpaired) electrons. The number of fused-ring (bicyclic) bond motifs is 1. The Balaban J connectivity index is 1.25. The summed E-state index contributed by atoms with van der Waals surface area (Å²) < 4.78 is 12.0. The van der Waals surface area contributed by atoms with Crippen LogP contribution in [0.5, 0.6) is 11.5 Å². The second-order valence-corrected chi connectivity index (χ2v) is 9.42. The molecule has 1 saturated carbocycles. The third kappa shape index (κ3) is 3.87. The lowest BCUT2D eigenvalue weighted by Crippen LogP contribution is -2.42. The lowest BCUT2D eigenvalue weighted by Gasteiger charge is -2.22. The van der Waals surface area contributed by atoms with E-state index < -0.39 is 29.2 Å². The number of rotatable bonds is 6. The first-order valence-corrected chi connectivity index (χ1v) is 11.9. The lowest BCUT2D eigenvalue weighted by molar-refractivity contribution is -0.133. The van der Waals surface area contributed by atoms with Crippen LogP contribution in [-0.2, 0) is 21.5 Å². The van der Waals surface area contributed by atoms with E-state index in [4.69, 9.17) is 9.47 Å². The predicted octanol–water partition coefficient (Wildman–Crippen LogP) is 4.09. The van der Waals surface area contributed by atoms with Crippen LogP contribution in [-0.4, -0.2) is 35.1 Å². The SMILES string of the molecule is CCCc1ccc(C2(C)NC(=O)N(CC(=O)Nc3ccc4c(c3)OC3(CCCC3)O4)C2=O)cc1. The van der Waals surface area contributed by atoms with Gasteiger partial charge in [-0.15, -0.1) is 0 Å². The molecule has 1 spiro atoms. The second-order valence-electron chi connectivity index (χ2n) is 9.42. The number of benzene rings is 2. The predicted molar refractivity (Wildman–Crippen MR) is 126 cm³/mol. The number of anilines is 1. The molecule has 3 aliphatic rings. The Kier molecular flexibility index (Phi) is 5.46. The van der Waals surface area contributed by atoms with E-state index in [0.29, 0.717) is 22.7 Å². The minimum atomic E-state index is -1.21. The molecule has 178 valence electrons. The van der Waals surface area contributed by atoms with Gasteiger partial charge in [0, 0.05) is 24.6 Å². The maximum atomic E-state index is 13.2. The molecule has 2 N–H and O–H groups in total. The average Bonchev–Trinajstić information content (AvgIpc) is 3.47. The quantitative estimate of drug-likeness (QED) is 0.629. The summed E-state index contributed by atoms with van der Waals surface area (Å²) in [6, 6.07) is 12.3. The zero-order valence-electron chi connectivity index (χ0n) is 19.5. The topological polar surface area (TPSA) is 97.0 Å². The van der Waals surface area contributed by atoms with Crippen LogP contribution in [0.1, 0.15) is 57.1 Å². The Bertz CT molecular complexity index is 1140. The van der Waals surface area contributed by atoms with Crippen molar-refractivity contribution in [3.8, 4) is 11.5 Å². The van der Waals surface area contributed by atoms with Crippen LogP contribution in [0.25, 0.3) is 0 Å². The Hall–Kier alpha value is -3.55. The summed E-state index contributed by atoms with van der Waals surface area (Å²) in [7, 11) is 0. The molecule has 2 fully saturated rings. The Labute approximate surface area is 198 Å². The Morgan fingerprint density at radius 2 is 1.76 bits per heavy atom. The van der Waals surface area contributed by atoms with Gasteiger partial charge in [-0.2, -0.15) is 0 Å². The number of nitrogens with zero attached hydrogens (tertiary/aromatic N) is 1. The van der Waals surface area contributed by atoms with Crippen molar-refractivity contribution < 1.29 is 23.9 Å². The van der Waals surface area contributed by atoms with Crippen LogP contribution in [0, 0.1) is 0 Å². The molecule has 1 aliphatic carbocycles. The highest BCUT2D eigenvalue weighted by Gasteiger charge is 2.49. The molecule has 0 aromatic heterocycles. The number of aryl methyl sites for hydroxylation is 1. The highest BCUT2D eigenvalue weighted by atomic mass is 16.7. The van der Waals surface area contributed by atoms with Crippen molar-refractivity contribution in [3.05, 3.63) is 53.6 Å². The van der Waals surface area contributed by atoms with Gasteiger partial charge in [-0.1, -0.05) is 37.6 Å². The Morgan fingerprint density at radius 1 is 1.06 bits per heavy atom. The van der Waals surface area contributed by atoms with Gasteiger partial charge < -0.3 is 20.1 Å². The van der Waals surface area contributed by atoms with Gasteiger partial charge in [0.2, 0.25) is 5.91 Å². The van der Waals surface area contributed by atoms with E-state index in [2.05, 4.69) is 17.6 Å². The molecule has 2 aliphatic heterocycles. The van der Waals surface area contributed by atoms with Crippen LogP contribution in [0.15, 0.2) is 42.5 Å². The lowest BCUT2D eigenvalue weighted by atomic mass is 9.91. The van der Waals surface area contributed by atoms with Crippen LogP contribution < -0.4 is 20.1 Å². The highest BCUT2D eigenvalue weighted by molar-refractivity contribution is 6.10. The molecule has 0 bridgehead atoms. The first-order valence-electron chi connectivity index (χ1n) is 11.9. The third-order valence-corrected chi connectivity index (χ3v) is 6.83. The fraction of sp³-hybridized carbons (Fsp3) is 0.423. The van der Waals surface area contributed by atoms with Crippen molar-refractivity contribution in [1.82, 2.24) is 10.2 Å². The van der Waals surface area contributed by atoms with Gasteiger partial charge in [0.05, 0.1) is 0 Å². The summed E-state index contributed by atoms with van der Waals surface area (Å²) in [5, 5.41) is 5.51. The fourth-order valence-corrected chi connectivity index (χ4v) is 4.96. The molecule has 5 rings (SSSR count). The van der Waals surface area contributed by atoms with E-state index in [-0.39, 0.29) is 6.54 Å². The number of hydrogen-bond acceptors (Lipinski definition) is 5. The van der Waals surface area contributed by atoms with Crippen molar-refractivity contribution in [3.63, 3.8) is 0 Å². The molecular weight excluding hydrogens is 434 g/mol. The molecule has 1 saturated heterocycles. The number of urea groups is 1. The molecule has 8 nitrogen and oxygen atoms in total. The monoisotopic (exact) mass is 463 g/mol. The summed E-state index contributed by atoms with van der Waals surface area (Å²) in [5.41, 5.74) is 1.16.